The number of benzene rings is 3. The van der Waals surface area contributed by atoms with Gasteiger partial charge in [-0.3, -0.25) is 23.9 Å². The van der Waals surface area contributed by atoms with Crippen molar-refractivity contribution in [1.82, 2.24) is 20.7 Å². The Bertz CT molecular complexity index is 1630. The maximum atomic E-state index is 13.8. The van der Waals surface area contributed by atoms with E-state index in [0.717, 1.165) is 30.4 Å². The van der Waals surface area contributed by atoms with E-state index in [1.165, 1.54) is 0 Å². The Morgan fingerprint density at radius 3 is 2.04 bits per heavy atom. The average molecular weight is 663 g/mol. The van der Waals surface area contributed by atoms with E-state index in [9.17, 15) is 27.6 Å². The minimum atomic E-state index is -3.80. The first kappa shape index (κ1) is 35.1. The molecule has 250 valence electrons. The summed E-state index contributed by atoms with van der Waals surface area (Å²) in [7, 11) is -2.24. The zero-order valence-electron chi connectivity index (χ0n) is 26.7. The summed E-state index contributed by atoms with van der Waals surface area (Å²) in [6.45, 7) is 2.51. The minimum absolute atomic E-state index is 0.0497. The molecule has 12 heteroatoms. The average Bonchev–Trinajstić information content (AvgIpc) is 3.34. The second-order valence-corrected chi connectivity index (χ2v) is 13.5. The second-order valence-electron chi connectivity index (χ2n) is 11.6. The van der Waals surface area contributed by atoms with Crippen LogP contribution in [0.15, 0.2) is 78.9 Å². The summed E-state index contributed by atoms with van der Waals surface area (Å²) in [6, 6.07) is 21.1. The molecule has 1 fully saturated rings. The lowest BCUT2D eigenvalue weighted by molar-refractivity contribution is -0.132. The monoisotopic (exact) mass is 662 g/mol. The summed E-state index contributed by atoms with van der Waals surface area (Å²) < 4.78 is 31.8. The summed E-state index contributed by atoms with van der Waals surface area (Å²) in [4.78, 5) is 52.0. The third-order valence-corrected chi connectivity index (χ3v) is 9.66. The van der Waals surface area contributed by atoms with Crippen molar-refractivity contribution in [2.45, 2.75) is 69.2 Å². The first-order valence-electron chi connectivity index (χ1n) is 15.8. The number of sulfonamides is 1. The van der Waals surface area contributed by atoms with Crippen molar-refractivity contribution in [3.05, 3.63) is 101 Å². The Morgan fingerprint density at radius 1 is 0.830 bits per heavy atom. The molecule has 11 nitrogen and oxygen atoms in total. The molecule has 0 aromatic heterocycles. The molecule has 0 radical (unpaired) electrons. The van der Waals surface area contributed by atoms with Gasteiger partial charge in [-0.1, -0.05) is 86.5 Å². The van der Waals surface area contributed by atoms with Gasteiger partial charge in [-0.15, -0.1) is 0 Å². The number of carbonyl (C=O) groups excluding carboxylic acids is 4. The van der Waals surface area contributed by atoms with Crippen LogP contribution in [0.4, 0.5) is 0 Å². The molecule has 0 aliphatic carbocycles. The first-order valence-corrected chi connectivity index (χ1v) is 17.3. The van der Waals surface area contributed by atoms with E-state index in [-0.39, 0.29) is 37.5 Å². The van der Waals surface area contributed by atoms with E-state index >= 15 is 0 Å². The second kappa shape index (κ2) is 16.7. The summed E-state index contributed by atoms with van der Waals surface area (Å²) >= 11 is 0. The fraction of sp³-hybridized carbons (Fsp3) is 0.371. The van der Waals surface area contributed by atoms with Crippen molar-refractivity contribution in [2.24, 2.45) is 0 Å². The van der Waals surface area contributed by atoms with Crippen LogP contribution in [-0.2, 0) is 48.5 Å². The van der Waals surface area contributed by atoms with Gasteiger partial charge in [-0.2, -0.15) is 0 Å². The Balaban J connectivity index is 1.51. The van der Waals surface area contributed by atoms with E-state index in [2.05, 4.69) is 22.9 Å². The lowest BCUT2D eigenvalue weighted by atomic mass is 10.00. The van der Waals surface area contributed by atoms with E-state index in [1.807, 2.05) is 35.1 Å². The van der Waals surface area contributed by atoms with Crippen molar-refractivity contribution in [2.75, 3.05) is 13.7 Å². The van der Waals surface area contributed by atoms with Crippen LogP contribution in [0.1, 0.15) is 60.1 Å². The number of rotatable bonds is 16. The van der Waals surface area contributed by atoms with Crippen LogP contribution in [0.25, 0.3) is 0 Å². The Hall–Kier alpha value is -4.71. The van der Waals surface area contributed by atoms with Gasteiger partial charge in [0, 0.05) is 19.4 Å². The van der Waals surface area contributed by atoms with E-state index in [4.69, 9.17) is 4.74 Å². The number of nitrogens with one attached hydrogen (secondary N) is 4. The molecule has 1 aliphatic rings. The molecule has 3 aromatic rings. The maximum absolute atomic E-state index is 13.8. The SMILES string of the molecule is CCCCCNC(=O)[C@H](Cc1ccc([C@H]2CC(=O)NS2(=O)=O)cc1)NC(=O)[C@H](Cc1ccccc1)NC(=O)Cc1ccc(OC)cc1. The summed E-state index contributed by atoms with van der Waals surface area (Å²) in [6.07, 6.45) is 2.94. The van der Waals surface area contributed by atoms with Crippen molar-refractivity contribution < 1.29 is 32.3 Å². The van der Waals surface area contributed by atoms with Crippen LogP contribution in [0, 0.1) is 0 Å². The topological polar surface area (TPSA) is 160 Å². The first-order chi connectivity index (χ1) is 22.6. The maximum Gasteiger partial charge on any atom is 0.243 e. The molecule has 4 N–H and O–H groups in total. The largest absolute Gasteiger partial charge is 0.497 e. The molecular formula is C35H42N4O7S. The van der Waals surface area contributed by atoms with Gasteiger partial charge in [0.2, 0.25) is 33.7 Å². The lowest BCUT2D eigenvalue weighted by Crippen LogP contribution is -2.55. The predicted octanol–water partition coefficient (Wildman–Crippen LogP) is 2.89. The third kappa shape index (κ3) is 10.4. The molecule has 0 bridgehead atoms. The summed E-state index contributed by atoms with van der Waals surface area (Å²) in [5.74, 6) is -1.11. The molecule has 3 atom stereocenters. The van der Waals surface area contributed by atoms with Gasteiger partial charge in [0.15, 0.2) is 0 Å². The van der Waals surface area contributed by atoms with Crippen LogP contribution in [0.3, 0.4) is 0 Å². The Labute approximate surface area is 275 Å². The normalized spacial score (nSPS) is 16.4. The number of ether oxygens (including phenoxy) is 1. The van der Waals surface area contributed by atoms with Crippen LogP contribution in [0.5, 0.6) is 5.75 Å². The molecule has 4 rings (SSSR count). The van der Waals surface area contributed by atoms with Crippen molar-refractivity contribution in [3.63, 3.8) is 0 Å². The zero-order chi connectivity index (χ0) is 33.8. The van der Waals surface area contributed by atoms with Gasteiger partial charge in [-0.25, -0.2) is 8.42 Å². The highest BCUT2D eigenvalue weighted by atomic mass is 32.2. The highest BCUT2D eigenvalue weighted by Crippen LogP contribution is 2.30. The third-order valence-electron chi connectivity index (χ3n) is 7.96. The molecule has 47 heavy (non-hydrogen) atoms. The molecule has 4 amide bonds. The smallest absolute Gasteiger partial charge is 0.243 e. The van der Waals surface area contributed by atoms with E-state index < -0.39 is 39.2 Å². The zero-order valence-corrected chi connectivity index (χ0v) is 27.5. The Kier molecular flexibility index (Phi) is 12.5. The van der Waals surface area contributed by atoms with Crippen LogP contribution in [-0.4, -0.2) is 57.8 Å². The van der Waals surface area contributed by atoms with Crippen molar-refractivity contribution >= 4 is 33.7 Å². The summed E-state index contributed by atoms with van der Waals surface area (Å²) in [5, 5.41) is 7.65. The lowest BCUT2D eigenvalue weighted by Gasteiger charge is -2.24. The van der Waals surface area contributed by atoms with Gasteiger partial charge >= 0.3 is 0 Å². The van der Waals surface area contributed by atoms with Gasteiger partial charge in [0.05, 0.1) is 20.0 Å². The molecule has 1 heterocycles. The van der Waals surface area contributed by atoms with Gasteiger partial charge in [0.1, 0.15) is 23.1 Å². The highest BCUT2D eigenvalue weighted by Gasteiger charge is 2.37. The number of hydrogen-bond donors (Lipinski definition) is 4. The van der Waals surface area contributed by atoms with E-state index in [1.54, 1.807) is 55.6 Å². The highest BCUT2D eigenvalue weighted by molar-refractivity contribution is 7.90. The van der Waals surface area contributed by atoms with Gasteiger partial charge in [0.25, 0.3) is 0 Å². The number of unbranched alkanes of at least 4 members (excludes halogenated alkanes) is 2. The molecular weight excluding hydrogens is 620 g/mol. The van der Waals surface area contributed by atoms with Crippen LogP contribution < -0.4 is 25.4 Å². The summed E-state index contributed by atoms with van der Waals surface area (Å²) in [5.41, 5.74) is 2.73. The number of methoxy groups -OCH3 is 1. The van der Waals surface area contributed by atoms with Crippen molar-refractivity contribution in [1.29, 1.82) is 0 Å². The molecule has 0 saturated carbocycles. The molecule has 0 unspecified atom stereocenters. The molecule has 1 aliphatic heterocycles. The molecule has 0 spiro atoms. The number of carbonyl (C=O) groups is 4. The quantitative estimate of drug-likeness (QED) is 0.172. The fourth-order valence-electron chi connectivity index (χ4n) is 5.38. The van der Waals surface area contributed by atoms with E-state index in [0.29, 0.717) is 23.4 Å². The number of hydrogen-bond acceptors (Lipinski definition) is 7. The predicted molar refractivity (Wildman–Crippen MR) is 178 cm³/mol. The fourth-order valence-corrected chi connectivity index (χ4v) is 6.80. The van der Waals surface area contributed by atoms with Gasteiger partial charge < -0.3 is 20.7 Å². The standard InChI is InChI=1S/C35H42N4O7S/c1-3-4-8-19-36-34(42)29(21-25-11-15-27(16-12-25)31-23-33(41)39-47(31,44)45)38-35(43)30(20-24-9-6-5-7-10-24)37-32(40)22-26-13-17-28(46-2)18-14-26/h5-7,9-18,29-31H,3-4,8,19-23H2,1-2H3,(H,36,42)(H,37,40)(H,38,43)(H,39,41)/t29-,30-,31+/m0/s1. The Morgan fingerprint density at radius 2 is 1.45 bits per heavy atom. The van der Waals surface area contributed by atoms with Crippen LogP contribution in [0.2, 0.25) is 0 Å². The molecule has 1 saturated heterocycles. The minimum Gasteiger partial charge on any atom is -0.497 e. The van der Waals surface area contributed by atoms with Crippen molar-refractivity contribution in [3.8, 4) is 5.75 Å². The van der Waals surface area contributed by atoms with Crippen LogP contribution >= 0.6 is 0 Å². The van der Waals surface area contributed by atoms with Gasteiger partial charge in [-0.05, 0) is 40.8 Å². The molecule has 3 aromatic carbocycles. The number of amides is 4.